The molecule has 0 aromatic heterocycles. The van der Waals surface area contributed by atoms with Crippen molar-refractivity contribution in [2.45, 2.75) is 31.7 Å². The zero-order chi connectivity index (χ0) is 10.4. The van der Waals surface area contributed by atoms with Gasteiger partial charge in [-0.3, -0.25) is 9.79 Å². The van der Waals surface area contributed by atoms with Gasteiger partial charge in [-0.2, -0.15) is 5.26 Å². The summed E-state index contributed by atoms with van der Waals surface area (Å²) in [5, 5.41) is 11.0. The van der Waals surface area contributed by atoms with E-state index in [2.05, 4.69) is 10.3 Å². The number of carbonyl (C=O) groups excluding carboxylic acids is 1. The fourth-order valence-electron chi connectivity index (χ4n) is 1.30. The lowest BCUT2D eigenvalue weighted by Gasteiger charge is -2.06. The molecule has 5 heteroatoms. The predicted octanol–water partition coefficient (Wildman–Crippen LogP) is -0.0740. The van der Waals surface area contributed by atoms with Gasteiger partial charge in [0.25, 0.3) is 0 Å². The van der Waals surface area contributed by atoms with Crippen molar-refractivity contribution in [3.63, 3.8) is 0 Å². The number of hydrogen-bond acceptors (Lipinski definition) is 4. The van der Waals surface area contributed by atoms with Crippen molar-refractivity contribution in [2.24, 2.45) is 10.7 Å². The largest absolute Gasteiger partial charge is 0.387 e. The molecular weight excluding hydrogens is 180 g/mol. The van der Waals surface area contributed by atoms with Gasteiger partial charge in [-0.25, -0.2) is 0 Å². The molecule has 0 aliphatic carbocycles. The van der Waals surface area contributed by atoms with Crippen LogP contribution in [0.2, 0.25) is 0 Å². The lowest BCUT2D eigenvalue weighted by atomic mass is 10.2. The third kappa shape index (κ3) is 3.05. The lowest BCUT2D eigenvalue weighted by molar-refractivity contribution is -0.122. The van der Waals surface area contributed by atoms with E-state index in [-0.39, 0.29) is 11.9 Å². The second-order valence-corrected chi connectivity index (χ2v) is 3.23. The van der Waals surface area contributed by atoms with E-state index < -0.39 is 0 Å². The minimum Gasteiger partial charge on any atom is -0.387 e. The Morgan fingerprint density at radius 3 is 3.14 bits per heavy atom. The Bertz CT molecular complexity index is 279. The van der Waals surface area contributed by atoms with E-state index in [1.54, 1.807) is 0 Å². The van der Waals surface area contributed by atoms with Crippen LogP contribution in [-0.2, 0) is 4.79 Å². The zero-order valence-electron chi connectivity index (χ0n) is 7.99. The molecule has 1 aliphatic rings. The second-order valence-electron chi connectivity index (χ2n) is 3.23. The third-order valence-electron chi connectivity index (χ3n) is 2.06. The Morgan fingerprint density at radius 1 is 1.79 bits per heavy atom. The molecule has 0 radical (unpaired) electrons. The maximum absolute atomic E-state index is 11.4. The van der Waals surface area contributed by atoms with Crippen LogP contribution >= 0.6 is 0 Å². The first-order valence-electron chi connectivity index (χ1n) is 4.71. The summed E-state index contributed by atoms with van der Waals surface area (Å²) in [6.07, 6.45) is 2.57. The first-order valence-corrected chi connectivity index (χ1v) is 4.71. The van der Waals surface area contributed by atoms with Gasteiger partial charge in [-0.1, -0.05) is 0 Å². The van der Waals surface area contributed by atoms with E-state index >= 15 is 0 Å². The molecule has 1 aliphatic heterocycles. The molecule has 0 spiro atoms. The summed E-state index contributed by atoms with van der Waals surface area (Å²) in [5.74, 6) is 0.477. The van der Waals surface area contributed by atoms with Crippen LogP contribution in [0.4, 0.5) is 0 Å². The molecule has 0 saturated heterocycles. The average molecular weight is 194 g/mol. The van der Waals surface area contributed by atoms with Crippen LogP contribution < -0.4 is 11.1 Å². The molecule has 1 amide bonds. The molecular formula is C9H14N4O. The van der Waals surface area contributed by atoms with Crippen LogP contribution in [0.15, 0.2) is 4.99 Å². The van der Waals surface area contributed by atoms with Gasteiger partial charge in [0, 0.05) is 19.4 Å². The molecule has 76 valence electrons. The predicted molar refractivity (Wildman–Crippen MR) is 52.5 cm³/mol. The van der Waals surface area contributed by atoms with Crippen molar-refractivity contribution in [2.75, 3.05) is 6.54 Å². The van der Waals surface area contributed by atoms with E-state index in [1.165, 1.54) is 0 Å². The Balaban J connectivity index is 2.20. The van der Waals surface area contributed by atoms with Crippen LogP contribution in [0, 0.1) is 11.3 Å². The number of nitrogens with one attached hydrogen (secondary N) is 1. The van der Waals surface area contributed by atoms with Crippen molar-refractivity contribution < 1.29 is 4.79 Å². The molecule has 0 fully saturated rings. The van der Waals surface area contributed by atoms with Crippen molar-refractivity contribution >= 4 is 11.7 Å². The highest BCUT2D eigenvalue weighted by molar-refractivity contribution is 5.90. The maximum Gasteiger partial charge on any atom is 0.244 e. The van der Waals surface area contributed by atoms with Crippen LogP contribution in [0.25, 0.3) is 0 Å². The number of rotatable bonds is 4. The number of amides is 1. The van der Waals surface area contributed by atoms with Gasteiger partial charge in [0.2, 0.25) is 5.91 Å². The Morgan fingerprint density at radius 2 is 2.57 bits per heavy atom. The van der Waals surface area contributed by atoms with Crippen molar-refractivity contribution in [1.29, 1.82) is 5.26 Å². The number of carbonyl (C=O) groups is 1. The van der Waals surface area contributed by atoms with E-state index in [0.717, 1.165) is 0 Å². The summed E-state index contributed by atoms with van der Waals surface area (Å²) in [6, 6.07) is 1.71. The van der Waals surface area contributed by atoms with E-state index in [4.69, 9.17) is 11.0 Å². The molecule has 1 unspecified atom stereocenters. The number of nitrogens with zero attached hydrogens (tertiary/aromatic N) is 2. The Hall–Kier alpha value is -1.57. The zero-order valence-corrected chi connectivity index (χ0v) is 7.99. The number of amidine groups is 1. The maximum atomic E-state index is 11.4. The second kappa shape index (κ2) is 5.22. The van der Waals surface area contributed by atoms with Crippen molar-refractivity contribution in [3.05, 3.63) is 0 Å². The smallest absolute Gasteiger partial charge is 0.244 e. The van der Waals surface area contributed by atoms with Crippen LogP contribution in [0.1, 0.15) is 25.7 Å². The fraction of sp³-hybridized carbons (Fsp3) is 0.667. The fourth-order valence-corrected chi connectivity index (χ4v) is 1.30. The minimum atomic E-state index is -0.308. The molecule has 1 rings (SSSR count). The number of hydrogen-bond donors (Lipinski definition) is 2. The number of unbranched alkanes of at least 4 members (excludes halogenated alkanes) is 1. The minimum absolute atomic E-state index is 0.0802. The summed E-state index contributed by atoms with van der Waals surface area (Å²) in [7, 11) is 0. The quantitative estimate of drug-likeness (QED) is 0.613. The summed E-state index contributed by atoms with van der Waals surface area (Å²) in [5.41, 5.74) is 5.47. The average Bonchev–Trinajstić information content (AvgIpc) is 2.59. The van der Waals surface area contributed by atoms with Gasteiger partial charge in [0.1, 0.15) is 6.04 Å². The van der Waals surface area contributed by atoms with Crippen LogP contribution in [-0.4, -0.2) is 24.3 Å². The van der Waals surface area contributed by atoms with Crippen LogP contribution in [0.3, 0.4) is 0 Å². The van der Waals surface area contributed by atoms with Gasteiger partial charge in [0.15, 0.2) is 0 Å². The van der Waals surface area contributed by atoms with Crippen LogP contribution in [0.5, 0.6) is 0 Å². The van der Waals surface area contributed by atoms with E-state index in [9.17, 15) is 4.79 Å². The molecule has 0 saturated carbocycles. The van der Waals surface area contributed by atoms with Crippen molar-refractivity contribution in [1.82, 2.24) is 5.32 Å². The molecule has 1 atom stereocenters. The molecule has 3 N–H and O–H groups in total. The molecule has 14 heavy (non-hydrogen) atoms. The summed E-state index contributed by atoms with van der Waals surface area (Å²) in [4.78, 5) is 15.4. The molecule has 0 aromatic rings. The summed E-state index contributed by atoms with van der Waals surface area (Å²) < 4.78 is 0. The highest BCUT2D eigenvalue weighted by Crippen LogP contribution is 2.10. The van der Waals surface area contributed by atoms with E-state index in [0.29, 0.717) is 38.1 Å². The van der Waals surface area contributed by atoms with Gasteiger partial charge >= 0.3 is 0 Å². The van der Waals surface area contributed by atoms with Gasteiger partial charge in [-0.05, 0) is 12.8 Å². The SMILES string of the molecule is N#CCCCNC(=O)C1CCC(N)=N1. The lowest BCUT2D eigenvalue weighted by Crippen LogP contribution is -2.33. The highest BCUT2D eigenvalue weighted by atomic mass is 16.2. The summed E-state index contributed by atoms with van der Waals surface area (Å²) in [6.45, 7) is 0.540. The molecule has 5 nitrogen and oxygen atoms in total. The van der Waals surface area contributed by atoms with Gasteiger partial charge in [0.05, 0.1) is 11.9 Å². The molecule has 0 bridgehead atoms. The standard InChI is InChI=1S/C9H14N4O/c10-5-1-2-6-12-9(14)7-3-4-8(11)13-7/h7H,1-4,6H2,(H2,11,13)(H,12,14). The number of aliphatic imine (C=N–C) groups is 1. The Labute approximate surface area is 83.0 Å². The van der Waals surface area contributed by atoms with E-state index in [1.807, 2.05) is 6.07 Å². The van der Waals surface area contributed by atoms with Gasteiger partial charge in [-0.15, -0.1) is 0 Å². The third-order valence-corrected chi connectivity index (χ3v) is 2.06. The highest BCUT2D eigenvalue weighted by Gasteiger charge is 2.22. The monoisotopic (exact) mass is 194 g/mol. The normalized spacial score (nSPS) is 19.9. The first kappa shape index (κ1) is 10.5. The topological polar surface area (TPSA) is 91.3 Å². The summed E-state index contributed by atoms with van der Waals surface area (Å²) >= 11 is 0. The molecule has 1 heterocycles. The Kier molecular flexibility index (Phi) is 3.92. The number of nitriles is 1. The molecule has 0 aromatic carbocycles. The van der Waals surface area contributed by atoms with Gasteiger partial charge < -0.3 is 11.1 Å². The number of nitrogens with two attached hydrogens (primary N) is 1. The van der Waals surface area contributed by atoms with Crippen molar-refractivity contribution in [3.8, 4) is 6.07 Å². The first-order chi connectivity index (χ1) is 6.74.